The first-order valence-electron chi connectivity index (χ1n) is 4.94. The van der Waals surface area contributed by atoms with Crippen LogP contribution in [0.25, 0.3) is 11.1 Å². The summed E-state index contributed by atoms with van der Waals surface area (Å²) >= 11 is 12.0. The van der Waals surface area contributed by atoms with Crippen molar-refractivity contribution >= 4 is 23.2 Å². The molecule has 0 aliphatic carbocycles. The van der Waals surface area contributed by atoms with Gasteiger partial charge in [0.05, 0.1) is 0 Å². The van der Waals surface area contributed by atoms with E-state index in [0.29, 0.717) is 16.6 Å². The SMILES string of the molecule is NCc1cc(Cl)cc(-c2cccc(Cl)c2)c1. The van der Waals surface area contributed by atoms with Gasteiger partial charge in [0.25, 0.3) is 0 Å². The molecule has 0 unspecified atom stereocenters. The molecule has 0 aromatic heterocycles. The Kier molecular flexibility index (Phi) is 3.49. The minimum Gasteiger partial charge on any atom is -0.326 e. The lowest BCUT2D eigenvalue weighted by molar-refractivity contribution is 1.07. The van der Waals surface area contributed by atoms with E-state index in [1.807, 2.05) is 42.5 Å². The minimum absolute atomic E-state index is 0.480. The highest BCUT2D eigenvalue weighted by Crippen LogP contribution is 2.26. The van der Waals surface area contributed by atoms with Gasteiger partial charge < -0.3 is 5.73 Å². The van der Waals surface area contributed by atoms with Gasteiger partial charge in [0, 0.05) is 16.6 Å². The molecule has 0 bridgehead atoms. The normalized spacial score (nSPS) is 10.4. The molecule has 2 aromatic rings. The molecule has 0 aliphatic heterocycles. The number of halogens is 2. The predicted molar refractivity (Wildman–Crippen MR) is 69.8 cm³/mol. The van der Waals surface area contributed by atoms with E-state index in [1.54, 1.807) is 0 Å². The zero-order valence-corrected chi connectivity index (χ0v) is 10.1. The Morgan fingerprint density at radius 3 is 2.31 bits per heavy atom. The predicted octanol–water partition coefficient (Wildman–Crippen LogP) is 4.12. The molecule has 1 nitrogen and oxygen atoms in total. The Hall–Kier alpha value is -1.02. The Morgan fingerprint density at radius 2 is 1.62 bits per heavy atom. The van der Waals surface area contributed by atoms with Gasteiger partial charge in [-0.1, -0.05) is 35.3 Å². The fourth-order valence-corrected chi connectivity index (χ4v) is 2.05. The van der Waals surface area contributed by atoms with E-state index >= 15 is 0 Å². The summed E-state index contributed by atoms with van der Waals surface area (Å²) in [6.45, 7) is 0.480. The van der Waals surface area contributed by atoms with E-state index < -0.39 is 0 Å². The van der Waals surface area contributed by atoms with E-state index in [0.717, 1.165) is 16.7 Å². The largest absolute Gasteiger partial charge is 0.326 e. The second kappa shape index (κ2) is 4.88. The minimum atomic E-state index is 0.480. The maximum atomic E-state index is 6.03. The lowest BCUT2D eigenvalue weighted by atomic mass is 10.0. The smallest absolute Gasteiger partial charge is 0.0415 e. The summed E-state index contributed by atoms with van der Waals surface area (Å²) < 4.78 is 0. The average molecular weight is 252 g/mol. The number of rotatable bonds is 2. The van der Waals surface area contributed by atoms with Gasteiger partial charge in [0.2, 0.25) is 0 Å². The molecule has 0 aliphatic rings. The highest BCUT2D eigenvalue weighted by atomic mass is 35.5. The zero-order chi connectivity index (χ0) is 11.5. The molecular formula is C13H11Cl2N. The quantitative estimate of drug-likeness (QED) is 0.854. The third-order valence-corrected chi connectivity index (χ3v) is 2.80. The number of benzene rings is 2. The fraction of sp³-hybridized carbons (Fsp3) is 0.0769. The molecule has 0 fully saturated rings. The number of nitrogens with two attached hydrogens (primary N) is 1. The summed E-state index contributed by atoms with van der Waals surface area (Å²) in [5, 5.41) is 1.41. The van der Waals surface area contributed by atoms with Crippen molar-refractivity contribution in [1.82, 2.24) is 0 Å². The molecule has 0 radical (unpaired) electrons. The van der Waals surface area contributed by atoms with Crippen LogP contribution in [0.1, 0.15) is 5.56 Å². The third-order valence-electron chi connectivity index (χ3n) is 2.35. The summed E-state index contributed by atoms with van der Waals surface area (Å²) in [6, 6.07) is 13.5. The Labute approximate surface area is 105 Å². The van der Waals surface area contributed by atoms with Crippen LogP contribution < -0.4 is 5.73 Å². The molecule has 82 valence electrons. The van der Waals surface area contributed by atoms with Crippen molar-refractivity contribution < 1.29 is 0 Å². The Morgan fingerprint density at radius 1 is 0.875 bits per heavy atom. The first-order chi connectivity index (χ1) is 7.69. The molecule has 0 saturated carbocycles. The number of hydrogen-bond donors (Lipinski definition) is 1. The molecular weight excluding hydrogens is 241 g/mol. The summed E-state index contributed by atoms with van der Waals surface area (Å²) in [6.07, 6.45) is 0. The fourth-order valence-electron chi connectivity index (χ4n) is 1.60. The van der Waals surface area contributed by atoms with Crippen LogP contribution in [0.2, 0.25) is 10.0 Å². The highest BCUT2D eigenvalue weighted by Gasteiger charge is 2.02. The van der Waals surface area contributed by atoms with Crippen molar-refractivity contribution in [2.45, 2.75) is 6.54 Å². The molecule has 0 saturated heterocycles. The van der Waals surface area contributed by atoms with Crippen LogP contribution in [0.5, 0.6) is 0 Å². The van der Waals surface area contributed by atoms with Crippen molar-refractivity contribution in [2.24, 2.45) is 5.73 Å². The second-order valence-corrected chi connectivity index (χ2v) is 4.44. The lowest BCUT2D eigenvalue weighted by Gasteiger charge is -2.06. The van der Waals surface area contributed by atoms with Crippen LogP contribution in [-0.4, -0.2) is 0 Å². The van der Waals surface area contributed by atoms with Gasteiger partial charge in [-0.3, -0.25) is 0 Å². The van der Waals surface area contributed by atoms with Crippen LogP contribution in [0.4, 0.5) is 0 Å². The molecule has 3 heteroatoms. The maximum Gasteiger partial charge on any atom is 0.0415 e. The molecule has 2 N–H and O–H groups in total. The van der Waals surface area contributed by atoms with E-state index in [1.165, 1.54) is 0 Å². The lowest BCUT2D eigenvalue weighted by Crippen LogP contribution is -1.96. The molecule has 16 heavy (non-hydrogen) atoms. The second-order valence-electron chi connectivity index (χ2n) is 3.56. The molecule has 0 spiro atoms. The van der Waals surface area contributed by atoms with E-state index in [9.17, 15) is 0 Å². The number of hydrogen-bond acceptors (Lipinski definition) is 1. The molecule has 0 amide bonds. The molecule has 0 atom stereocenters. The van der Waals surface area contributed by atoms with Gasteiger partial charge in [-0.2, -0.15) is 0 Å². The van der Waals surface area contributed by atoms with Crippen LogP contribution in [0, 0.1) is 0 Å². The zero-order valence-electron chi connectivity index (χ0n) is 8.58. The maximum absolute atomic E-state index is 6.03. The summed E-state index contributed by atoms with van der Waals surface area (Å²) in [7, 11) is 0. The highest BCUT2D eigenvalue weighted by molar-refractivity contribution is 6.31. The Bertz CT molecular complexity index is 509. The van der Waals surface area contributed by atoms with Crippen molar-refractivity contribution in [1.29, 1.82) is 0 Å². The van der Waals surface area contributed by atoms with Gasteiger partial charge in [0.1, 0.15) is 0 Å². The standard InChI is InChI=1S/C13H11Cl2N/c14-12-3-1-2-10(6-12)11-4-9(8-16)5-13(15)7-11/h1-7H,8,16H2. The Balaban J connectivity index is 2.51. The average Bonchev–Trinajstić information content (AvgIpc) is 2.28. The van der Waals surface area contributed by atoms with Gasteiger partial charge >= 0.3 is 0 Å². The summed E-state index contributed by atoms with van der Waals surface area (Å²) in [4.78, 5) is 0. The molecule has 2 rings (SSSR count). The van der Waals surface area contributed by atoms with Crippen molar-refractivity contribution in [3.8, 4) is 11.1 Å². The van der Waals surface area contributed by atoms with Gasteiger partial charge in [-0.25, -0.2) is 0 Å². The van der Waals surface area contributed by atoms with Gasteiger partial charge in [-0.15, -0.1) is 0 Å². The van der Waals surface area contributed by atoms with Crippen LogP contribution >= 0.6 is 23.2 Å². The third kappa shape index (κ3) is 2.56. The van der Waals surface area contributed by atoms with Crippen LogP contribution in [0.15, 0.2) is 42.5 Å². The van der Waals surface area contributed by atoms with E-state index in [-0.39, 0.29) is 0 Å². The summed E-state index contributed by atoms with van der Waals surface area (Å²) in [5.41, 5.74) is 8.71. The van der Waals surface area contributed by atoms with Crippen LogP contribution in [-0.2, 0) is 6.54 Å². The van der Waals surface area contributed by atoms with Gasteiger partial charge in [-0.05, 0) is 47.0 Å². The van der Waals surface area contributed by atoms with Crippen molar-refractivity contribution in [3.63, 3.8) is 0 Å². The first-order valence-corrected chi connectivity index (χ1v) is 5.70. The summed E-state index contributed by atoms with van der Waals surface area (Å²) in [5.74, 6) is 0. The molecule has 0 heterocycles. The molecule has 2 aromatic carbocycles. The topological polar surface area (TPSA) is 26.0 Å². The van der Waals surface area contributed by atoms with Crippen molar-refractivity contribution in [2.75, 3.05) is 0 Å². The van der Waals surface area contributed by atoms with Crippen molar-refractivity contribution in [3.05, 3.63) is 58.1 Å². The van der Waals surface area contributed by atoms with Crippen LogP contribution in [0.3, 0.4) is 0 Å². The first kappa shape index (κ1) is 11.5. The van der Waals surface area contributed by atoms with E-state index in [4.69, 9.17) is 28.9 Å². The van der Waals surface area contributed by atoms with E-state index in [2.05, 4.69) is 0 Å². The van der Waals surface area contributed by atoms with Gasteiger partial charge in [0.15, 0.2) is 0 Å². The monoisotopic (exact) mass is 251 g/mol.